The van der Waals surface area contributed by atoms with Crippen molar-refractivity contribution in [1.82, 2.24) is 9.71 Å². The molecule has 1 unspecified atom stereocenters. The fourth-order valence-corrected chi connectivity index (χ4v) is 3.46. The van der Waals surface area contributed by atoms with Gasteiger partial charge in [0, 0.05) is 4.75 Å². The van der Waals surface area contributed by atoms with E-state index in [1.165, 1.54) is 11.9 Å². The van der Waals surface area contributed by atoms with Crippen molar-refractivity contribution in [2.24, 2.45) is 0 Å². The number of nitrogens with zero attached hydrogens (tertiary/aromatic N) is 1. The summed E-state index contributed by atoms with van der Waals surface area (Å²) in [5, 5.41) is 0. The van der Waals surface area contributed by atoms with Crippen LogP contribution >= 0.6 is 23.3 Å². The Morgan fingerprint density at radius 3 is 2.27 bits per heavy atom. The molecule has 22 heavy (non-hydrogen) atoms. The van der Waals surface area contributed by atoms with Crippen LogP contribution in [0.2, 0.25) is 0 Å². The van der Waals surface area contributed by atoms with Gasteiger partial charge in [-0.3, -0.25) is 4.72 Å². The molecule has 2 rings (SSSR count). The third-order valence-corrected chi connectivity index (χ3v) is 4.98. The highest BCUT2D eigenvalue weighted by atomic mass is 32.2. The second-order valence-electron chi connectivity index (χ2n) is 6.03. The molecule has 0 amide bonds. The zero-order chi connectivity index (χ0) is 16.3. The highest BCUT2D eigenvalue weighted by Gasteiger charge is 2.24. The molecule has 1 aromatic carbocycles. The fourth-order valence-electron chi connectivity index (χ4n) is 1.93. The molecule has 0 bridgehead atoms. The second-order valence-corrected chi connectivity index (χ2v) is 8.55. The van der Waals surface area contributed by atoms with Gasteiger partial charge in [-0.15, -0.1) is 11.3 Å². The van der Waals surface area contributed by atoms with E-state index in [4.69, 9.17) is 0 Å². The van der Waals surface area contributed by atoms with Crippen molar-refractivity contribution in [1.29, 1.82) is 0 Å². The van der Waals surface area contributed by atoms with Crippen molar-refractivity contribution in [3.63, 3.8) is 0 Å². The summed E-state index contributed by atoms with van der Waals surface area (Å²) < 4.78 is 29.4. The van der Waals surface area contributed by atoms with Gasteiger partial charge in [0.05, 0.1) is 16.1 Å². The lowest BCUT2D eigenvalue weighted by Gasteiger charge is -2.24. The van der Waals surface area contributed by atoms with E-state index < -0.39 is 12.5 Å². The van der Waals surface area contributed by atoms with Crippen molar-refractivity contribution in [3.05, 3.63) is 41.0 Å². The molecule has 6 heteroatoms. The Morgan fingerprint density at radius 1 is 1.18 bits per heavy atom. The van der Waals surface area contributed by atoms with Crippen LogP contribution in [0, 0.1) is 6.92 Å². The molecule has 0 radical (unpaired) electrons. The van der Waals surface area contributed by atoms with Gasteiger partial charge in [0.25, 0.3) is 6.43 Å². The zero-order valence-corrected chi connectivity index (χ0v) is 14.7. The van der Waals surface area contributed by atoms with Crippen LogP contribution in [0.4, 0.5) is 8.78 Å². The Bertz CT molecular complexity index is 603. The number of hydrogen-bond donors (Lipinski definition) is 1. The highest BCUT2D eigenvalue weighted by Crippen LogP contribution is 2.31. The molecular formula is C16H20F2N2S2. The first kappa shape index (κ1) is 17.4. The number of halogens is 2. The molecule has 0 saturated carbocycles. The highest BCUT2D eigenvalue weighted by molar-refractivity contribution is 7.98. The number of aryl methyl sites for hydroxylation is 1. The molecule has 0 aliphatic rings. The van der Waals surface area contributed by atoms with Gasteiger partial charge in [-0.1, -0.05) is 36.2 Å². The molecule has 0 fully saturated rings. The van der Waals surface area contributed by atoms with E-state index in [1.807, 2.05) is 39.8 Å². The van der Waals surface area contributed by atoms with Crippen LogP contribution in [0.1, 0.15) is 38.1 Å². The van der Waals surface area contributed by atoms with Crippen LogP contribution in [-0.4, -0.2) is 16.2 Å². The lowest BCUT2D eigenvalue weighted by atomic mass is 10.0. The minimum atomic E-state index is -2.45. The van der Waals surface area contributed by atoms with E-state index >= 15 is 0 Å². The largest absolute Gasteiger partial charge is 0.258 e. The number of hydrogen-bond acceptors (Lipinski definition) is 4. The Labute approximate surface area is 138 Å². The lowest BCUT2D eigenvalue weighted by Crippen LogP contribution is -2.26. The quantitative estimate of drug-likeness (QED) is 0.730. The summed E-state index contributed by atoms with van der Waals surface area (Å²) in [6.07, 6.45) is -2.45. The average molecular weight is 342 g/mol. The van der Waals surface area contributed by atoms with Gasteiger partial charge in [-0.25, -0.2) is 13.8 Å². The van der Waals surface area contributed by atoms with Crippen molar-refractivity contribution in [3.8, 4) is 10.4 Å². The summed E-state index contributed by atoms with van der Waals surface area (Å²) in [7, 11) is 0. The Morgan fingerprint density at radius 2 is 1.82 bits per heavy atom. The molecule has 1 aromatic heterocycles. The number of alkyl halides is 2. The monoisotopic (exact) mass is 342 g/mol. The summed E-state index contributed by atoms with van der Waals surface area (Å²) in [4.78, 5) is 5.30. The van der Waals surface area contributed by atoms with Crippen LogP contribution in [-0.2, 0) is 0 Å². The van der Waals surface area contributed by atoms with Crippen molar-refractivity contribution in [2.75, 3.05) is 0 Å². The summed E-state index contributed by atoms with van der Waals surface area (Å²) >= 11 is 2.89. The normalized spacial score (nSPS) is 13.6. The summed E-state index contributed by atoms with van der Waals surface area (Å²) in [6, 6.07) is 6.33. The van der Waals surface area contributed by atoms with E-state index in [9.17, 15) is 8.78 Å². The number of benzene rings is 1. The Kier molecular flexibility index (Phi) is 5.58. The smallest absolute Gasteiger partial charge is 0.250 e. The number of thiazole rings is 1. The predicted octanol–water partition coefficient (Wildman–Crippen LogP) is 5.46. The fraction of sp³-hybridized carbons (Fsp3) is 0.438. The topological polar surface area (TPSA) is 24.9 Å². The van der Waals surface area contributed by atoms with Crippen molar-refractivity contribution in [2.45, 2.75) is 44.9 Å². The Hall–Kier alpha value is -0.980. The SMILES string of the molecule is Cc1ncsc1-c1ccc(C(NSC(C)(C)C)C(F)F)cc1. The maximum absolute atomic E-state index is 13.3. The van der Waals surface area contributed by atoms with Crippen LogP contribution in [0.5, 0.6) is 0 Å². The molecule has 0 aliphatic heterocycles. The van der Waals surface area contributed by atoms with Crippen molar-refractivity contribution >= 4 is 23.3 Å². The van der Waals surface area contributed by atoms with E-state index in [0.29, 0.717) is 5.56 Å². The van der Waals surface area contributed by atoms with Gasteiger partial charge in [-0.2, -0.15) is 0 Å². The first-order valence-electron chi connectivity index (χ1n) is 7.00. The lowest BCUT2D eigenvalue weighted by molar-refractivity contribution is 0.110. The van der Waals surface area contributed by atoms with Gasteiger partial charge < -0.3 is 0 Å². The first-order chi connectivity index (χ1) is 10.3. The van der Waals surface area contributed by atoms with Crippen LogP contribution < -0.4 is 4.72 Å². The number of rotatable bonds is 5. The first-order valence-corrected chi connectivity index (χ1v) is 8.69. The molecule has 2 nitrogen and oxygen atoms in total. The molecule has 0 aliphatic carbocycles. The van der Waals surface area contributed by atoms with Gasteiger partial charge >= 0.3 is 0 Å². The van der Waals surface area contributed by atoms with Gasteiger partial charge in [0.1, 0.15) is 6.04 Å². The standard InChI is InChI=1S/C16H20F2N2S2/c1-10-14(21-9-19-10)12-7-5-11(6-8-12)13(15(17)18)20-22-16(2,3)4/h5-9,13,15,20H,1-4H3. The summed E-state index contributed by atoms with van der Waals surface area (Å²) in [6.45, 7) is 7.91. The minimum absolute atomic E-state index is 0.118. The van der Waals surface area contributed by atoms with Crippen molar-refractivity contribution < 1.29 is 8.78 Å². The number of aromatic nitrogens is 1. The van der Waals surface area contributed by atoms with E-state index in [0.717, 1.165) is 16.1 Å². The molecule has 1 atom stereocenters. The maximum atomic E-state index is 13.3. The summed E-state index contributed by atoms with van der Waals surface area (Å²) in [5.74, 6) is 0. The molecule has 1 heterocycles. The third kappa shape index (κ3) is 4.51. The Balaban J connectivity index is 2.17. The van der Waals surface area contributed by atoms with Crippen LogP contribution in [0.3, 0.4) is 0 Å². The van der Waals surface area contributed by atoms with Gasteiger partial charge in [0.15, 0.2) is 0 Å². The molecule has 0 saturated heterocycles. The minimum Gasteiger partial charge on any atom is -0.250 e. The van der Waals surface area contributed by atoms with Crippen LogP contribution in [0.25, 0.3) is 10.4 Å². The molecule has 2 aromatic rings. The molecule has 1 N–H and O–H groups in total. The third-order valence-electron chi connectivity index (χ3n) is 3.02. The predicted molar refractivity (Wildman–Crippen MR) is 91.5 cm³/mol. The van der Waals surface area contributed by atoms with Gasteiger partial charge in [-0.05, 0) is 38.8 Å². The van der Waals surface area contributed by atoms with E-state index in [2.05, 4.69) is 9.71 Å². The average Bonchev–Trinajstić information content (AvgIpc) is 2.84. The van der Waals surface area contributed by atoms with Crippen LogP contribution in [0.15, 0.2) is 29.8 Å². The summed E-state index contributed by atoms with van der Waals surface area (Å²) in [5.41, 5.74) is 4.37. The van der Waals surface area contributed by atoms with E-state index in [1.54, 1.807) is 29.0 Å². The molecule has 120 valence electrons. The second kappa shape index (κ2) is 7.06. The zero-order valence-electron chi connectivity index (χ0n) is 13.1. The van der Waals surface area contributed by atoms with Gasteiger partial charge in [0.2, 0.25) is 0 Å². The molecular weight excluding hydrogens is 322 g/mol. The molecule has 0 spiro atoms. The van der Waals surface area contributed by atoms with E-state index in [-0.39, 0.29) is 4.75 Å². The maximum Gasteiger partial charge on any atom is 0.258 e. The number of nitrogens with one attached hydrogen (secondary N) is 1.